The molecule has 0 spiro atoms. The van der Waals surface area contributed by atoms with Crippen LogP contribution in [-0.2, 0) is 6.42 Å². The van der Waals surface area contributed by atoms with Gasteiger partial charge < -0.3 is 5.32 Å². The summed E-state index contributed by atoms with van der Waals surface area (Å²) in [6.07, 6.45) is 13.1. The maximum absolute atomic E-state index is 7.21. The van der Waals surface area contributed by atoms with Gasteiger partial charge in [0, 0.05) is 4.11 Å². The van der Waals surface area contributed by atoms with E-state index in [4.69, 9.17) is 4.11 Å². The van der Waals surface area contributed by atoms with Gasteiger partial charge in [-0.15, -0.1) is 12.4 Å². The predicted molar refractivity (Wildman–Crippen MR) is 93.9 cm³/mol. The third-order valence-electron chi connectivity index (χ3n) is 4.21. The van der Waals surface area contributed by atoms with Crippen LogP contribution < -0.4 is 5.32 Å². The summed E-state index contributed by atoms with van der Waals surface area (Å²) in [6, 6.07) is 8.59. The smallest absolute Gasteiger partial charge is 0.0391 e. The number of allylic oxidation sites excluding steroid dienone is 5. The second kappa shape index (κ2) is 7.63. The highest BCUT2D eigenvalue weighted by Gasteiger charge is 2.21. The molecule has 0 amide bonds. The lowest BCUT2D eigenvalue weighted by Gasteiger charge is -2.19. The van der Waals surface area contributed by atoms with E-state index >= 15 is 0 Å². The predicted octanol–water partition coefficient (Wildman–Crippen LogP) is 4.55. The molecule has 0 radical (unpaired) electrons. The highest BCUT2D eigenvalue weighted by atomic mass is 35.5. The maximum atomic E-state index is 7.21. The van der Waals surface area contributed by atoms with Crippen LogP contribution in [0.25, 0.3) is 5.57 Å². The van der Waals surface area contributed by atoms with Gasteiger partial charge in [-0.3, -0.25) is 0 Å². The molecule has 1 aromatic rings. The van der Waals surface area contributed by atoms with Gasteiger partial charge in [0.25, 0.3) is 0 Å². The average molecular weight is 305 g/mol. The largest absolute Gasteiger partial charge is 0.319 e. The molecule has 0 saturated carbocycles. The maximum Gasteiger partial charge on any atom is 0.0391 e. The molecule has 1 N–H and O–H groups in total. The lowest BCUT2D eigenvalue weighted by molar-refractivity contribution is 0.562. The average Bonchev–Trinajstić information content (AvgIpc) is 2.67. The second-order valence-corrected chi connectivity index (χ2v) is 5.56. The van der Waals surface area contributed by atoms with Crippen molar-refractivity contribution in [3.63, 3.8) is 0 Å². The third kappa shape index (κ3) is 3.66. The van der Waals surface area contributed by atoms with E-state index in [0.717, 1.165) is 12.8 Å². The summed E-state index contributed by atoms with van der Waals surface area (Å²) in [5.74, 6) is 0.604. The Kier molecular flexibility index (Phi) is 4.45. The topological polar surface area (TPSA) is 12.0 Å². The fourth-order valence-electron chi connectivity index (χ4n) is 3.18. The number of fused-ring (bicyclic) bond motifs is 2. The summed E-state index contributed by atoms with van der Waals surface area (Å²) in [7, 11) is 0. The standard InChI is InChI=1S/C19H23N.ClH/c1-20-12-6-10-18-14-16-8-3-2-7-15(16)13-17-9-4-5-11-19(17)18;/h3-5,8-11,14-15,20H,2,6-7,12-13H2,1H3;1H/b18-10-;/i1D3;. The fourth-order valence-corrected chi connectivity index (χ4v) is 3.18. The van der Waals surface area contributed by atoms with Crippen molar-refractivity contribution in [3.8, 4) is 0 Å². The van der Waals surface area contributed by atoms with Gasteiger partial charge in [0.15, 0.2) is 0 Å². The Morgan fingerprint density at radius 3 is 3.19 bits per heavy atom. The molecule has 2 heteroatoms. The molecule has 3 rings (SSSR count). The van der Waals surface area contributed by atoms with Crippen molar-refractivity contribution in [3.05, 3.63) is 65.3 Å². The summed E-state index contributed by atoms with van der Waals surface area (Å²) < 4.78 is 21.6. The minimum atomic E-state index is -2.06. The molecule has 112 valence electrons. The van der Waals surface area contributed by atoms with Crippen LogP contribution in [0.3, 0.4) is 0 Å². The Balaban J connectivity index is 0.00000208. The van der Waals surface area contributed by atoms with Crippen LogP contribution in [-0.4, -0.2) is 13.5 Å². The van der Waals surface area contributed by atoms with Gasteiger partial charge >= 0.3 is 0 Å². The van der Waals surface area contributed by atoms with Crippen LogP contribution in [0.1, 0.15) is 34.5 Å². The van der Waals surface area contributed by atoms with Crippen molar-refractivity contribution < 1.29 is 4.11 Å². The van der Waals surface area contributed by atoms with Gasteiger partial charge in [0.05, 0.1) is 0 Å². The molecule has 21 heavy (non-hydrogen) atoms. The summed E-state index contributed by atoms with van der Waals surface area (Å²) in [4.78, 5) is 0. The second-order valence-electron chi connectivity index (χ2n) is 5.56. The first-order valence-electron chi connectivity index (χ1n) is 8.94. The Bertz CT molecular complexity index is 659. The molecule has 0 aromatic heterocycles. The Labute approximate surface area is 138 Å². The first-order chi connectivity index (χ1) is 11.0. The van der Waals surface area contributed by atoms with E-state index in [2.05, 4.69) is 53.9 Å². The summed E-state index contributed by atoms with van der Waals surface area (Å²) >= 11 is 0. The Morgan fingerprint density at radius 1 is 1.38 bits per heavy atom. The van der Waals surface area contributed by atoms with E-state index in [1.807, 2.05) is 0 Å². The van der Waals surface area contributed by atoms with Crippen LogP contribution >= 0.6 is 12.4 Å². The molecule has 1 atom stereocenters. The SMILES string of the molecule is Cl.[2H]C([2H])([2H])NCC/C=C1/C=C2C=CCCC2Cc2ccccc21. The molecule has 2 aliphatic carbocycles. The van der Waals surface area contributed by atoms with Gasteiger partial charge in [0.2, 0.25) is 0 Å². The summed E-state index contributed by atoms with van der Waals surface area (Å²) in [6.45, 7) is -1.60. The van der Waals surface area contributed by atoms with Crippen molar-refractivity contribution in [2.75, 3.05) is 13.5 Å². The van der Waals surface area contributed by atoms with Crippen LogP contribution in [0, 0.1) is 5.92 Å². The lowest BCUT2D eigenvalue weighted by atomic mass is 9.85. The Morgan fingerprint density at radius 2 is 2.29 bits per heavy atom. The molecule has 0 heterocycles. The summed E-state index contributed by atoms with van der Waals surface area (Å²) in [5.41, 5.74) is 5.31. The number of hydrogen-bond donors (Lipinski definition) is 1. The normalized spacial score (nSPS) is 24.6. The lowest BCUT2D eigenvalue weighted by Crippen LogP contribution is -2.08. The highest BCUT2D eigenvalue weighted by Crippen LogP contribution is 2.36. The van der Waals surface area contributed by atoms with E-state index in [0.29, 0.717) is 18.9 Å². The van der Waals surface area contributed by atoms with Crippen molar-refractivity contribution in [1.29, 1.82) is 0 Å². The van der Waals surface area contributed by atoms with Crippen LogP contribution in [0.15, 0.2) is 54.1 Å². The van der Waals surface area contributed by atoms with Crippen LogP contribution in [0.2, 0.25) is 0 Å². The molecule has 1 nitrogen and oxygen atoms in total. The third-order valence-corrected chi connectivity index (χ3v) is 4.21. The number of halogens is 1. The minimum absolute atomic E-state index is 0. The van der Waals surface area contributed by atoms with E-state index in [9.17, 15) is 0 Å². The molecular formula is C19H24ClN. The number of hydrogen-bond acceptors (Lipinski definition) is 1. The molecular weight excluding hydrogens is 278 g/mol. The zero-order valence-corrected chi connectivity index (χ0v) is 13.0. The molecule has 2 aliphatic rings. The van der Waals surface area contributed by atoms with E-state index in [1.54, 1.807) is 0 Å². The molecule has 0 aliphatic heterocycles. The van der Waals surface area contributed by atoms with Gasteiger partial charge in [-0.25, -0.2) is 0 Å². The van der Waals surface area contributed by atoms with E-state index in [-0.39, 0.29) is 12.4 Å². The number of nitrogens with one attached hydrogen (secondary N) is 1. The van der Waals surface area contributed by atoms with Gasteiger partial charge in [-0.05, 0) is 67.4 Å². The van der Waals surface area contributed by atoms with Gasteiger partial charge in [-0.2, -0.15) is 0 Å². The van der Waals surface area contributed by atoms with Crippen molar-refractivity contribution in [1.82, 2.24) is 5.32 Å². The number of rotatable bonds is 3. The molecule has 0 fully saturated rings. The zero-order valence-electron chi connectivity index (χ0n) is 15.1. The van der Waals surface area contributed by atoms with Crippen molar-refractivity contribution >= 4 is 18.0 Å². The zero-order chi connectivity index (χ0) is 16.3. The molecule has 1 unspecified atom stereocenters. The first kappa shape index (κ1) is 12.3. The van der Waals surface area contributed by atoms with Crippen molar-refractivity contribution in [2.45, 2.75) is 25.7 Å². The van der Waals surface area contributed by atoms with Gasteiger partial charge in [-0.1, -0.05) is 48.6 Å². The summed E-state index contributed by atoms with van der Waals surface area (Å²) in [5, 5.41) is 2.58. The molecule has 0 saturated heterocycles. The van der Waals surface area contributed by atoms with Crippen LogP contribution in [0.5, 0.6) is 0 Å². The van der Waals surface area contributed by atoms with Gasteiger partial charge in [0.1, 0.15) is 0 Å². The first-order valence-corrected chi connectivity index (χ1v) is 7.44. The number of benzene rings is 1. The fraction of sp³-hybridized carbons (Fsp3) is 0.368. The van der Waals surface area contributed by atoms with Crippen molar-refractivity contribution in [2.24, 2.45) is 5.92 Å². The highest BCUT2D eigenvalue weighted by molar-refractivity contribution is 5.85. The molecule has 0 bridgehead atoms. The van der Waals surface area contributed by atoms with E-state index in [1.165, 1.54) is 28.7 Å². The van der Waals surface area contributed by atoms with Crippen LogP contribution in [0.4, 0.5) is 0 Å². The monoisotopic (exact) mass is 304 g/mol. The molecule has 1 aromatic carbocycles. The minimum Gasteiger partial charge on any atom is -0.319 e. The quantitative estimate of drug-likeness (QED) is 0.808. The van der Waals surface area contributed by atoms with E-state index < -0.39 is 6.98 Å². The Hall–Kier alpha value is -1.31.